The van der Waals surface area contributed by atoms with E-state index in [1.807, 2.05) is 29.9 Å². The summed E-state index contributed by atoms with van der Waals surface area (Å²) >= 11 is 0. The summed E-state index contributed by atoms with van der Waals surface area (Å²) in [6.45, 7) is 4.68. The molecule has 0 unspecified atom stereocenters. The average Bonchev–Trinajstić information content (AvgIpc) is 3.40. The first-order valence-corrected chi connectivity index (χ1v) is 9.07. The van der Waals surface area contributed by atoms with Crippen LogP contribution >= 0.6 is 0 Å². The highest BCUT2D eigenvalue weighted by Crippen LogP contribution is 2.40. The second kappa shape index (κ2) is 6.52. The minimum atomic E-state index is -0.00791. The van der Waals surface area contributed by atoms with E-state index in [0.717, 1.165) is 35.1 Å². The Morgan fingerprint density at radius 2 is 2.15 bits per heavy atom. The van der Waals surface area contributed by atoms with E-state index in [-0.39, 0.29) is 11.9 Å². The third kappa shape index (κ3) is 3.07. The number of rotatable bonds is 5. The highest BCUT2D eigenvalue weighted by atomic mass is 16.2. The molecule has 0 spiro atoms. The van der Waals surface area contributed by atoms with Gasteiger partial charge in [0.15, 0.2) is 5.65 Å². The lowest BCUT2D eigenvalue weighted by Gasteiger charge is -2.18. The number of pyridine rings is 2. The van der Waals surface area contributed by atoms with Gasteiger partial charge in [-0.3, -0.25) is 9.78 Å². The molecular formula is C20H23N5O. The molecule has 0 N–H and O–H groups in total. The minimum Gasteiger partial charge on any atom is -0.337 e. The van der Waals surface area contributed by atoms with Crippen LogP contribution in [0.4, 0.5) is 0 Å². The molecule has 134 valence electrons. The van der Waals surface area contributed by atoms with Crippen molar-refractivity contribution < 1.29 is 4.79 Å². The Kier molecular flexibility index (Phi) is 4.18. The lowest BCUT2D eigenvalue weighted by Crippen LogP contribution is -2.26. The second-order valence-electron chi connectivity index (χ2n) is 7.31. The number of fused-ring (bicyclic) bond motifs is 1. The van der Waals surface area contributed by atoms with Gasteiger partial charge in [-0.1, -0.05) is 6.07 Å². The highest BCUT2D eigenvalue weighted by Gasteiger charge is 2.28. The van der Waals surface area contributed by atoms with Crippen molar-refractivity contribution in [3.8, 4) is 0 Å². The van der Waals surface area contributed by atoms with E-state index >= 15 is 0 Å². The zero-order valence-corrected chi connectivity index (χ0v) is 15.4. The second-order valence-corrected chi connectivity index (χ2v) is 7.31. The van der Waals surface area contributed by atoms with Gasteiger partial charge >= 0.3 is 0 Å². The van der Waals surface area contributed by atoms with Gasteiger partial charge in [-0.2, -0.15) is 5.10 Å². The zero-order valence-electron chi connectivity index (χ0n) is 15.4. The molecule has 0 saturated heterocycles. The van der Waals surface area contributed by atoms with Crippen molar-refractivity contribution in [2.45, 2.75) is 45.2 Å². The summed E-state index contributed by atoms with van der Waals surface area (Å²) in [7, 11) is 1.82. The smallest absolute Gasteiger partial charge is 0.254 e. The third-order valence-electron chi connectivity index (χ3n) is 4.79. The van der Waals surface area contributed by atoms with Crippen molar-refractivity contribution in [1.29, 1.82) is 0 Å². The Morgan fingerprint density at radius 3 is 2.81 bits per heavy atom. The molecule has 6 nitrogen and oxygen atoms in total. The third-order valence-corrected chi connectivity index (χ3v) is 4.79. The summed E-state index contributed by atoms with van der Waals surface area (Å²) in [5.41, 5.74) is 3.52. The van der Waals surface area contributed by atoms with Gasteiger partial charge in [0.1, 0.15) is 0 Å². The Morgan fingerprint density at radius 1 is 1.35 bits per heavy atom. The summed E-state index contributed by atoms with van der Waals surface area (Å²) in [6, 6.07) is 6.03. The molecule has 0 aliphatic heterocycles. The Bertz CT molecular complexity index is 943. The first-order valence-electron chi connectivity index (χ1n) is 9.07. The number of nitrogens with zero attached hydrogens (tertiary/aromatic N) is 5. The molecule has 1 saturated carbocycles. The fourth-order valence-electron chi connectivity index (χ4n) is 3.22. The van der Waals surface area contributed by atoms with Crippen LogP contribution in [0.15, 0.2) is 36.8 Å². The predicted molar refractivity (Wildman–Crippen MR) is 99.9 cm³/mol. The van der Waals surface area contributed by atoms with Crippen LogP contribution in [0.3, 0.4) is 0 Å². The van der Waals surface area contributed by atoms with Gasteiger partial charge < -0.3 is 4.90 Å². The fraction of sp³-hybridized carbons (Fsp3) is 0.400. The highest BCUT2D eigenvalue weighted by molar-refractivity contribution is 6.05. The number of hydrogen-bond donors (Lipinski definition) is 0. The summed E-state index contributed by atoms with van der Waals surface area (Å²) < 4.78 is 1.90. The van der Waals surface area contributed by atoms with Gasteiger partial charge in [0.25, 0.3) is 5.91 Å². The van der Waals surface area contributed by atoms with Crippen LogP contribution in [0.2, 0.25) is 0 Å². The molecule has 6 heteroatoms. The van der Waals surface area contributed by atoms with Crippen molar-refractivity contribution in [1.82, 2.24) is 24.6 Å². The van der Waals surface area contributed by atoms with Gasteiger partial charge in [0, 0.05) is 43.6 Å². The van der Waals surface area contributed by atoms with Crippen LogP contribution in [-0.4, -0.2) is 37.6 Å². The van der Waals surface area contributed by atoms with Crippen molar-refractivity contribution in [3.63, 3.8) is 0 Å². The van der Waals surface area contributed by atoms with Crippen molar-refractivity contribution >= 4 is 16.9 Å². The van der Waals surface area contributed by atoms with Crippen LogP contribution in [0, 0.1) is 0 Å². The molecular weight excluding hydrogens is 326 g/mol. The lowest BCUT2D eigenvalue weighted by molar-refractivity contribution is 0.0786. The topological polar surface area (TPSA) is 63.9 Å². The van der Waals surface area contributed by atoms with Crippen molar-refractivity contribution in [2.75, 3.05) is 7.05 Å². The molecule has 3 aromatic heterocycles. The number of hydrogen-bond acceptors (Lipinski definition) is 4. The maximum atomic E-state index is 13.2. The van der Waals surface area contributed by atoms with E-state index in [1.165, 1.54) is 0 Å². The average molecular weight is 349 g/mol. The Balaban J connectivity index is 1.73. The normalized spacial score (nSPS) is 14.2. The molecule has 0 bridgehead atoms. The molecule has 0 aromatic carbocycles. The minimum absolute atomic E-state index is 0.00791. The van der Waals surface area contributed by atoms with Gasteiger partial charge in [-0.25, -0.2) is 9.67 Å². The largest absolute Gasteiger partial charge is 0.337 e. The van der Waals surface area contributed by atoms with Crippen LogP contribution in [0.25, 0.3) is 11.0 Å². The molecule has 1 aliphatic rings. The molecule has 26 heavy (non-hydrogen) atoms. The number of aromatic nitrogens is 4. The van der Waals surface area contributed by atoms with Gasteiger partial charge in [-0.15, -0.1) is 0 Å². The van der Waals surface area contributed by atoms with E-state index in [9.17, 15) is 4.79 Å². The maximum Gasteiger partial charge on any atom is 0.254 e. The number of amides is 1. The molecule has 1 aliphatic carbocycles. The lowest BCUT2D eigenvalue weighted by atomic mass is 10.1. The van der Waals surface area contributed by atoms with E-state index in [1.54, 1.807) is 23.5 Å². The van der Waals surface area contributed by atoms with Gasteiger partial charge in [0.05, 0.1) is 17.1 Å². The van der Waals surface area contributed by atoms with Crippen LogP contribution in [-0.2, 0) is 6.54 Å². The molecule has 0 radical (unpaired) electrons. The number of carbonyl (C=O) groups excluding carboxylic acids is 1. The van der Waals surface area contributed by atoms with E-state index in [0.29, 0.717) is 18.0 Å². The predicted octanol–water partition coefficient (Wildman–Crippen LogP) is 3.56. The molecule has 4 rings (SSSR count). The van der Waals surface area contributed by atoms with Crippen molar-refractivity contribution in [3.05, 3.63) is 53.6 Å². The monoisotopic (exact) mass is 349 g/mol. The number of carbonyl (C=O) groups is 1. The van der Waals surface area contributed by atoms with Crippen molar-refractivity contribution in [2.24, 2.45) is 0 Å². The Labute approximate surface area is 152 Å². The first kappa shape index (κ1) is 16.7. The van der Waals surface area contributed by atoms with E-state index in [2.05, 4.69) is 23.9 Å². The molecule has 1 fully saturated rings. The van der Waals surface area contributed by atoms with E-state index < -0.39 is 0 Å². The summed E-state index contributed by atoms with van der Waals surface area (Å²) in [5.74, 6) is 0.469. The quantitative estimate of drug-likeness (QED) is 0.706. The molecule has 3 aromatic rings. The summed E-state index contributed by atoms with van der Waals surface area (Å²) in [6.07, 6.45) is 7.59. The standard InChI is InChI=1S/C20H23N5O/c1-13(2)25-19-17(11-22-25)16(9-18(23-19)15-6-7-15)20(26)24(3)12-14-5-4-8-21-10-14/h4-5,8-11,13,15H,6-7,12H2,1-3H3. The van der Waals surface area contributed by atoms with Crippen LogP contribution in [0.1, 0.15) is 60.3 Å². The van der Waals surface area contributed by atoms with Crippen LogP contribution in [0.5, 0.6) is 0 Å². The SMILES string of the molecule is CC(C)n1ncc2c(C(=O)N(C)Cc3cccnc3)cc(C3CC3)nc21. The zero-order chi connectivity index (χ0) is 18.3. The molecule has 1 amide bonds. The molecule has 0 atom stereocenters. The summed E-state index contributed by atoms with van der Waals surface area (Å²) in [5, 5.41) is 5.30. The van der Waals surface area contributed by atoms with Gasteiger partial charge in [0.2, 0.25) is 0 Å². The van der Waals surface area contributed by atoms with Gasteiger partial charge in [-0.05, 0) is 44.4 Å². The molecule has 3 heterocycles. The summed E-state index contributed by atoms with van der Waals surface area (Å²) in [4.78, 5) is 23.9. The maximum absolute atomic E-state index is 13.2. The Hall–Kier alpha value is -2.76. The van der Waals surface area contributed by atoms with E-state index in [4.69, 9.17) is 4.98 Å². The van der Waals surface area contributed by atoms with Crippen LogP contribution < -0.4 is 0 Å². The first-order chi connectivity index (χ1) is 12.5. The fourth-order valence-corrected chi connectivity index (χ4v) is 3.22.